The Labute approximate surface area is 88.7 Å². The molecule has 0 radical (unpaired) electrons. The van der Waals surface area contributed by atoms with Gasteiger partial charge in [0.25, 0.3) is 0 Å². The van der Waals surface area contributed by atoms with Gasteiger partial charge >= 0.3 is 0 Å². The second-order valence-electron chi connectivity index (χ2n) is 2.98. The fraction of sp³-hybridized carbons (Fsp3) is 0.600. The summed E-state index contributed by atoms with van der Waals surface area (Å²) in [6.07, 6.45) is 7.28. The zero-order valence-corrected chi connectivity index (χ0v) is 9.75. The highest BCUT2D eigenvalue weighted by Gasteiger charge is 2.19. The van der Waals surface area contributed by atoms with Crippen molar-refractivity contribution >= 4 is 22.6 Å². The van der Waals surface area contributed by atoms with Gasteiger partial charge in [-0.1, -0.05) is 54.5 Å². The highest BCUT2D eigenvalue weighted by Crippen LogP contribution is 2.20. The van der Waals surface area contributed by atoms with Crippen molar-refractivity contribution in [3.8, 4) is 0 Å². The molecule has 0 saturated carbocycles. The van der Waals surface area contributed by atoms with E-state index in [1.165, 1.54) is 0 Å². The third-order valence-electron chi connectivity index (χ3n) is 1.90. The summed E-state index contributed by atoms with van der Waals surface area (Å²) < 4.78 is 1.93. The zero-order valence-electron chi connectivity index (χ0n) is 7.59. The molecule has 0 rings (SSSR count). The van der Waals surface area contributed by atoms with Crippen LogP contribution in [0.25, 0.3) is 0 Å². The molecule has 70 valence electrons. The molecule has 0 aliphatic rings. The molecule has 1 nitrogen and oxygen atoms in total. The molecule has 0 bridgehead atoms. The molecule has 0 heterocycles. The van der Waals surface area contributed by atoms with Crippen LogP contribution in [0.2, 0.25) is 0 Å². The van der Waals surface area contributed by atoms with E-state index in [4.69, 9.17) is 0 Å². The van der Waals surface area contributed by atoms with Crippen LogP contribution in [0.5, 0.6) is 0 Å². The van der Waals surface area contributed by atoms with Gasteiger partial charge in [-0.2, -0.15) is 0 Å². The lowest BCUT2D eigenvalue weighted by atomic mass is 9.93. The molecule has 12 heavy (non-hydrogen) atoms. The summed E-state index contributed by atoms with van der Waals surface area (Å²) in [5.41, 5.74) is -0.683. The van der Waals surface area contributed by atoms with Gasteiger partial charge in [0.05, 0.1) is 5.60 Å². The molecule has 1 N–H and O–H groups in total. The molecule has 0 spiro atoms. The molecule has 0 fully saturated rings. The van der Waals surface area contributed by atoms with E-state index in [-0.39, 0.29) is 0 Å². The van der Waals surface area contributed by atoms with Gasteiger partial charge in [0.15, 0.2) is 0 Å². The molecule has 1 atom stereocenters. The highest BCUT2D eigenvalue weighted by molar-refractivity contribution is 14.1. The quantitative estimate of drug-likeness (QED) is 0.583. The van der Waals surface area contributed by atoms with Gasteiger partial charge in [-0.25, -0.2) is 0 Å². The Bertz CT molecular complexity index is 154. The van der Waals surface area contributed by atoms with Crippen LogP contribution in [0, 0.1) is 0 Å². The molecule has 0 aromatic carbocycles. The van der Waals surface area contributed by atoms with Crippen LogP contribution < -0.4 is 0 Å². The van der Waals surface area contributed by atoms with Crippen LogP contribution in [0.4, 0.5) is 0 Å². The summed E-state index contributed by atoms with van der Waals surface area (Å²) in [4.78, 5) is 0. The smallest absolute Gasteiger partial charge is 0.0859 e. The van der Waals surface area contributed by atoms with Crippen molar-refractivity contribution in [1.29, 1.82) is 0 Å². The van der Waals surface area contributed by atoms with Crippen molar-refractivity contribution in [2.24, 2.45) is 0 Å². The van der Waals surface area contributed by atoms with Crippen LogP contribution >= 0.6 is 22.6 Å². The van der Waals surface area contributed by atoms with E-state index < -0.39 is 5.60 Å². The molecule has 0 amide bonds. The van der Waals surface area contributed by atoms with Gasteiger partial charge in [0, 0.05) is 0 Å². The maximum absolute atomic E-state index is 9.91. The van der Waals surface area contributed by atoms with Gasteiger partial charge < -0.3 is 5.11 Å². The largest absolute Gasteiger partial charge is 0.385 e. The van der Waals surface area contributed by atoms with E-state index in [0.717, 1.165) is 19.3 Å². The van der Waals surface area contributed by atoms with Gasteiger partial charge in [-0.15, -0.1) is 6.58 Å². The summed E-state index contributed by atoms with van der Waals surface area (Å²) >= 11 is 2.16. The monoisotopic (exact) mass is 280 g/mol. The molecule has 0 aliphatic carbocycles. The van der Waals surface area contributed by atoms with Crippen molar-refractivity contribution in [2.75, 3.05) is 0 Å². The summed E-state index contributed by atoms with van der Waals surface area (Å²) in [5.74, 6) is 0. The average Bonchev–Trinajstić information content (AvgIpc) is 2.11. The molecule has 0 aliphatic heterocycles. The van der Waals surface area contributed by atoms with E-state index in [2.05, 4.69) is 36.1 Å². The van der Waals surface area contributed by atoms with E-state index in [1.807, 2.05) is 10.2 Å². The van der Waals surface area contributed by atoms with E-state index >= 15 is 0 Å². The first kappa shape index (κ1) is 12.2. The van der Waals surface area contributed by atoms with Crippen LogP contribution in [0.3, 0.4) is 0 Å². The predicted octanol–water partition coefficient (Wildman–Crippen LogP) is 3.43. The van der Waals surface area contributed by atoms with E-state index in [1.54, 1.807) is 6.08 Å². The summed E-state index contributed by atoms with van der Waals surface area (Å²) in [6, 6.07) is 0. The maximum atomic E-state index is 9.91. The Morgan fingerprint density at radius 2 is 2.25 bits per heavy atom. The lowest BCUT2D eigenvalue weighted by Crippen LogP contribution is -2.24. The van der Waals surface area contributed by atoms with Gasteiger partial charge in [0.2, 0.25) is 0 Å². The Hall–Kier alpha value is 0.170. The lowest BCUT2D eigenvalue weighted by Gasteiger charge is -2.22. The number of rotatable bonds is 6. The van der Waals surface area contributed by atoms with Crippen LogP contribution in [-0.4, -0.2) is 10.7 Å². The molecule has 1 unspecified atom stereocenters. The van der Waals surface area contributed by atoms with E-state index in [0.29, 0.717) is 6.42 Å². The summed E-state index contributed by atoms with van der Waals surface area (Å²) in [7, 11) is 0. The minimum absolute atomic E-state index is 0.680. The topological polar surface area (TPSA) is 20.2 Å². The van der Waals surface area contributed by atoms with E-state index in [9.17, 15) is 5.11 Å². The number of unbranched alkanes of at least 4 members (excludes halogenated alkanes) is 1. The highest BCUT2D eigenvalue weighted by atomic mass is 127. The summed E-state index contributed by atoms with van der Waals surface area (Å²) in [6.45, 7) is 5.77. The second-order valence-corrected chi connectivity index (χ2v) is 3.70. The fourth-order valence-corrected chi connectivity index (χ4v) is 1.27. The number of hydrogen-bond donors (Lipinski definition) is 1. The maximum Gasteiger partial charge on any atom is 0.0859 e. The van der Waals surface area contributed by atoms with Crippen LogP contribution in [-0.2, 0) is 0 Å². The molecule has 0 aromatic rings. The first-order chi connectivity index (χ1) is 5.68. The van der Waals surface area contributed by atoms with Crippen molar-refractivity contribution in [3.63, 3.8) is 0 Å². The number of halogens is 1. The third-order valence-corrected chi connectivity index (χ3v) is 2.41. The minimum Gasteiger partial charge on any atom is -0.385 e. The van der Waals surface area contributed by atoms with Crippen molar-refractivity contribution in [1.82, 2.24) is 0 Å². The Balaban J connectivity index is 3.94. The number of hydrogen-bond acceptors (Lipinski definition) is 1. The summed E-state index contributed by atoms with van der Waals surface area (Å²) in [5, 5.41) is 9.91. The minimum atomic E-state index is -0.683. The van der Waals surface area contributed by atoms with Crippen molar-refractivity contribution in [3.05, 3.63) is 22.8 Å². The lowest BCUT2D eigenvalue weighted by molar-refractivity contribution is 0.0825. The van der Waals surface area contributed by atoms with Crippen molar-refractivity contribution < 1.29 is 5.11 Å². The molecule has 0 aromatic heterocycles. The fourth-order valence-electron chi connectivity index (χ4n) is 1.02. The van der Waals surface area contributed by atoms with Crippen LogP contribution in [0.15, 0.2) is 22.8 Å². The van der Waals surface area contributed by atoms with Gasteiger partial charge in [-0.05, 0) is 16.9 Å². The number of aliphatic hydroxyl groups is 1. The third kappa shape index (κ3) is 4.93. The Morgan fingerprint density at radius 3 is 2.67 bits per heavy atom. The normalized spacial score (nSPS) is 16.2. The first-order valence-corrected chi connectivity index (χ1v) is 5.54. The Kier molecular flexibility index (Phi) is 6.76. The molecule has 0 saturated heterocycles. The van der Waals surface area contributed by atoms with Crippen molar-refractivity contribution in [2.45, 2.75) is 38.2 Å². The Morgan fingerprint density at radius 1 is 1.58 bits per heavy atom. The molecule has 2 heteroatoms. The average molecular weight is 280 g/mol. The first-order valence-electron chi connectivity index (χ1n) is 4.29. The van der Waals surface area contributed by atoms with Crippen LogP contribution in [0.1, 0.15) is 32.6 Å². The van der Waals surface area contributed by atoms with Gasteiger partial charge in [-0.3, -0.25) is 0 Å². The predicted molar refractivity (Wildman–Crippen MR) is 62.4 cm³/mol. The van der Waals surface area contributed by atoms with Gasteiger partial charge in [0.1, 0.15) is 0 Å². The standard InChI is InChI=1S/C10H17IO/c1-3-5-7-10(12,4-2)8-6-9-11/h4,6,9,12H,2-3,5,7-8H2,1H3/b9-6+. The second kappa shape index (κ2) is 6.66. The SMILES string of the molecule is C=CC(O)(C/C=C/I)CCCC. The molecular weight excluding hydrogens is 263 g/mol. The molecular formula is C10H17IO. The zero-order chi connectivity index (χ0) is 9.45.